The normalized spacial score (nSPS) is 17.2. The Bertz CT molecular complexity index is 672. The number of rotatable bonds is 5. The first-order chi connectivity index (χ1) is 11.2. The quantitative estimate of drug-likeness (QED) is 0.805. The number of benzene rings is 1. The average molecular weight is 410 g/mol. The van der Waals surface area contributed by atoms with Gasteiger partial charge in [0.2, 0.25) is 15.9 Å². The van der Waals surface area contributed by atoms with Crippen LogP contribution in [0.4, 0.5) is 0 Å². The van der Waals surface area contributed by atoms with E-state index in [4.69, 9.17) is 17.3 Å². The summed E-state index contributed by atoms with van der Waals surface area (Å²) in [5.74, 6) is 0.239. The Labute approximate surface area is 160 Å². The molecule has 0 bridgehead atoms. The van der Waals surface area contributed by atoms with Crippen LogP contribution in [0.5, 0.6) is 0 Å². The third-order valence-electron chi connectivity index (χ3n) is 4.52. The molecule has 1 aliphatic heterocycles. The van der Waals surface area contributed by atoms with Gasteiger partial charge in [-0.3, -0.25) is 4.79 Å². The Morgan fingerprint density at radius 3 is 2.32 bits per heavy atom. The Hall–Kier alpha value is -0.860. The van der Waals surface area contributed by atoms with Crippen molar-refractivity contribution in [3.8, 4) is 0 Å². The summed E-state index contributed by atoms with van der Waals surface area (Å²) in [5.41, 5.74) is 5.90. The number of amides is 1. The van der Waals surface area contributed by atoms with Crippen molar-refractivity contribution in [3.63, 3.8) is 0 Å². The number of nitrogens with zero attached hydrogens (tertiary/aromatic N) is 2. The van der Waals surface area contributed by atoms with Crippen LogP contribution in [-0.4, -0.2) is 56.3 Å². The van der Waals surface area contributed by atoms with E-state index in [1.807, 2.05) is 6.92 Å². The lowest BCUT2D eigenvalue weighted by Crippen LogP contribution is -2.46. The molecule has 2 rings (SSSR count). The fraction of sp³-hybridized carbons (Fsp3) is 0.562. The first kappa shape index (κ1) is 22.2. The molecule has 1 atom stereocenters. The Balaban J connectivity index is 0.00000312. The Kier molecular flexibility index (Phi) is 8.15. The van der Waals surface area contributed by atoms with Gasteiger partial charge in [0, 0.05) is 31.2 Å². The van der Waals surface area contributed by atoms with Crippen LogP contribution < -0.4 is 5.73 Å². The number of likely N-dealkylation sites (tertiary alicyclic amines) is 1. The second kappa shape index (κ2) is 9.19. The van der Waals surface area contributed by atoms with E-state index in [-0.39, 0.29) is 35.8 Å². The molecule has 1 aromatic rings. The van der Waals surface area contributed by atoms with Gasteiger partial charge in [0.1, 0.15) is 0 Å². The van der Waals surface area contributed by atoms with Crippen molar-refractivity contribution < 1.29 is 13.2 Å². The fourth-order valence-corrected chi connectivity index (χ4v) is 4.08. The SMILES string of the molecule is CC(N)C1CCN(C(=O)CN(C)S(=O)(=O)c2ccc(Cl)cc2)CC1.Cl. The monoisotopic (exact) mass is 409 g/mol. The number of carbonyl (C=O) groups excluding carboxylic acids is 1. The van der Waals surface area contributed by atoms with Crippen molar-refractivity contribution in [3.05, 3.63) is 29.3 Å². The van der Waals surface area contributed by atoms with Gasteiger partial charge in [-0.05, 0) is 49.9 Å². The van der Waals surface area contributed by atoms with E-state index in [0.717, 1.165) is 17.1 Å². The van der Waals surface area contributed by atoms with Crippen molar-refractivity contribution in [1.29, 1.82) is 0 Å². The van der Waals surface area contributed by atoms with Gasteiger partial charge in [0.15, 0.2) is 0 Å². The summed E-state index contributed by atoms with van der Waals surface area (Å²) in [5, 5.41) is 0.463. The standard InChI is InChI=1S/C16H24ClN3O3S.ClH/c1-12(18)13-7-9-20(10-8-13)16(21)11-19(2)24(22,23)15-5-3-14(17)4-6-15;/h3-6,12-13H,7-11,18H2,1-2H3;1H. The van der Waals surface area contributed by atoms with Crippen molar-refractivity contribution in [2.24, 2.45) is 11.7 Å². The molecule has 142 valence electrons. The zero-order valence-corrected chi connectivity index (χ0v) is 16.8. The minimum Gasteiger partial charge on any atom is -0.342 e. The van der Waals surface area contributed by atoms with Gasteiger partial charge in [0.25, 0.3) is 0 Å². The van der Waals surface area contributed by atoms with Gasteiger partial charge >= 0.3 is 0 Å². The van der Waals surface area contributed by atoms with Gasteiger partial charge in [-0.2, -0.15) is 4.31 Å². The second-order valence-electron chi connectivity index (χ2n) is 6.29. The maximum absolute atomic E-state index is 12.5. The van der Waals surface area contributed by atoms with Crippen molar-refractivity contribution in [2.75, 3.05) is 26.7 Å². The van der Waals surface area contributed by atoms with E-state index >= 15 is 0 Å². The Morgan fingerprint density at radius 1 is 1.32 bits per heavy atom. The number of halogens is 2. The van der Waals surface area contributed by atoms with Gasteiger partial charge in [-0.25, -0.2) is 8.42 Å². The van der Waals surface area contributed by atoms with Crippen LogP contribution >= 0.6 is 24.0 Å². The first-order valence-corrected chi connectivity index (χ1v) is 9.79. The molecule has 1 amide bonds. The van der Waals surface area contributed by atoms with Gasteiger partial charge in [-0.15, -0.1) is 12.4 Å². The maximum atomic E-state index is 12.5. The van der Waals surface area contributed by atoms with Crippen LogP contribution in [0, 0.1) is 5.92 Å². The summed E-state index contributed by atoms with van der Waals surface area (Å²) in [6.45, 7) is 3.06. The van der Waals surface area contributed by atoms with Crippen LogP contribution in [0.15, 0.2) is 29.2 Å². The highest BCUT2D eigenvalue weighted by molar-refractivity contribution is 7.89. The van der Waals surface area contributed by atoms with Crippen molar-refractivity contribution in [2.45, 2.75) is 30.7 Å². The minimum absolute atomic E-state index is 0. The lowest BCUT2D eigenvalue weighted by Gasteiger charge is -2.34. The zero-order valence-electron chi connectivity index (χ0n) is 14.4. The summed E-state index contributed by atoms with van der Waals surface area (Å²) in [7, 11) is -2.29. The molecule has 1 aromatic carbocycles. The molecule has 6 nitrogen and oxygen atoms in total. The van der Waals surface area contributed by atoms with Crippen molar-refractivity contribution >= 4 is 39.9 Å². The molecule has 1 heterocycles. The predicted molar refractivity (Wildman–Crippen MR) is 101 cm³/mol. The van der Waals surface area contributed by atoms with E-state index in [0.29, 0.717) is 24.0 Å². The minimum atomic E-state index is -3.71. The number of likely N-dealkylation sites (N-methyl/N-ethyl adjacent to an activating group) is 1. The number of hydrogen-bond donors (Lipinski definition) is 1. The molecule has 0 aliphatic carbocycles. The Morgan fingerprint density at radius 2 is 1.84 bits per heavy atom. The summed E-state index contributed by atoms with van der Waals surface area (Å²) in [6.07, 6.45) is 1.72. The van der Waals surface area contributed by atoms with Gasteiger partial charge in [-0.1, -0.05) is 11.6 Å². The van der Waals surface area contributed by atoms with Gasteiger partial charge in [0.05, 0.1) is 11.4 Å². The molecule has 1 saturated heterocycles. The highest BCUT2D eigenvalue weighted by atomic mass is 35.5. The third-order valence-corrected chi connectivity index (χ3v) is 6.59. The number of carbonyl (C=O) groups is 1. The molecule has 1 fully saturated rings. The van der Waals surface area contributed by atoms with E-state index < -0.39 is 10.0 Å². The summed E-state index contributed by atoms with van der Waals surface area (Å²) < 4.78 is 26.1. The maximum Gasteiger partial charge on any atom is 0.243 e. The summed E-state index contributed by atoms with van der Waals surface area (Å²) in [4.78, 5) is 14.2. The van der Waals surface area contributed by atoms with Crippen LogP contribution in [0.3, 0.4) is 0 Å². The third kappa shape index (κ3) is 5.56. The molecular formula is C16H25Cl2N3O3S. The molecule has 1 unspecified atom stereocenters. The van der Waals surface area contributed by atoms with Gasteiger partial charge < -0.3 is 10.6 Å². The molecule has 0 radical (unpaired) electrons. The van der Waals surface area contributed by atoms with E-state index in [1.165, 1.54) is 31.3 Å². The lowest BCUT2D eigenvalue weighted by atomic mass is 9.91. The number of sulfonamides is 1. The number of hydrogen-bond acceptors (Lipinski definition) is 4. The second-order valence-corrected chi connectivity index (χ2v) is 8.77. The van der Waals surface area contributed by atoms with Crippen molar-refractivity contribution in [1.82, 2.24) is 9.21 Å². The smallest absolute Gasteiger partial charge is 0.243 e. The molecule has 2 N–H and O–H groups in total. The van der Waals surface area contributed by atoms with E-state index in [2.05, 4.69) is 0 Å². The van der Waals surface area contributed by atoms with Crippen LogP contribution in [-0.2, 0) is 14.8 Å². The largest absolute Gasteiger partial charge is 0.342 e. The van der Waals surface area contributed by atoms with E-state index in [1.54, 1.807) is 4.90 Å². The van der Waals surface area contributed by atoms with Crippen LogP contribution in [0.25, 0.3) is 0 Å². The molecule has 9 heteroatoms. The molecule has 0 spiro atoms. The molecule has 0 saturated carbocycles. The first-order valence-electron chi connectivity index (χ1n) is 7.97. The van der Waals surface area contributed by atoms with E-state index in [9.17, 15) is 13.2 Å². The molecule has 0 aromatic heterocycles. The highest BCUT2D eigenvalue weighted by Gasteiger charge is 2.28. The highest BCUT2D eigenvalue weighted by Crippen LogP contribution is 2.21. The average Bonchev–Trinajstić information content (AvgIpc) is 2.55. The number of nitrogens with two attached hydrogens (primary N) is 1. The molecular weight excluding hydrogens is 385 g/mol. The topological polar surface area (TPSA) is 83.7 Å². The number of piperidine rings is 1. The molecule has 1 aliphatic rings. The summed E-state index contributed by atoms with van der Waals surface area (Å²) in [6, 6.07) is 6.03. The van der Waals surface area contributed by atoms with Crippen LogP contribution in [0.2, 0.25) is 5.02 Å². The molecule has 25 heavy (non-hydrogen) atoms. The lowest BCUT2D eigenvalue weighted by molar-refractivity contribution is -0.132. The fourth-order valence-electron chi connectivity index (χ4n) is 2.84. The predicted octanol–water partition coefficient (Wildman–Crippen LogP) is 1.97. The van der Waals surface area contributed by atoms with Crippen LogP contribution in [0.1, 0.15) is 19.8 Å². The zero-order chi connectivity index (χ0) is 17.9. The summed E-state index contributed by atoms with van der Waals surface area (Å²) >= 11 is 5.78.